The normalized spacial score (nSPS) is 26.1. The van der Waals surface area contributed by atoms with E-state index in [9.17, 15) is 9.18 Å². The van der Waals surface area contributed by atoms with E-state index in [4.69, 9.17) is 14.2 Å². The number of halogens is 1. The molecule has 0 unspecified atom stereocenters. The van der Waals surface area contributed by atoms with E-state index in [1.54, 1.807) is 12.1 Å². The van der Waals surface area contributed by atoms with Gasteiger partial charge in [-0.25, -0.2) is 9.18 Å². The molecule has 4 nitrogen and oxygen atoms in total. The maximum Gasteiger partial charge on any atom is 0.338 e. The molecule has 2 aliphatic rings. The van der Waals surface area contributed by atoms with E-state index in [-0.39, 0.29) is 11.7 Å². The van der Waals surface area contributed by atoms with E-state index in [1.165, 1.54) is 44.6 Å². The maximum absolute atomic E-state index is 14.7. The summed E-state index contributed by atoms with van der Waals surface area (Å²) in [7, 11) is 0. The third-order valence-corrected chi connectivity index (χ3v) is 6.94. The first-order chi connectivity index (χ1) is 15.6. The fourth-order valence-electron chi connectivity index (χ4n) is 4.94. The van der Waals surface area contributed by atoms with Crippen molar-refractivity contribution in [3.05, 3.63) is 35.1 Å². The van der Waals surface area contributed by atoms with Crippen LogP contribution in [0.5, 0.6) is 0 Å². The lowest BCUT2D eigenvalue weighted by atomic mass is 9.84. The molecular weight excluding hydrogens is 407 g/mol. The molecule has 1 saturated carbocycles. The zero-order chi connectivity index (χ0) is 22.8. The Bertz CT molecular complexity index is 691. The summed E-state index contributed by atoms with van der Waals surface area (Å²) in [5.41, 5.74) is 0.597. The second-order valence-electron chi connectivity index (χ2n) is 9.64. The number of esters is 1. The van der Waals surface area contributed by atoms with Crippen LogP contribution in [0.1, 0.15) is 113 Å². The summed E-state index contributed by atoms with van der Waals surface area (Å²) in [5.74, 6) is 0.206. The Balaban J connectivity index is 1.42. The van der Waals surface area contributed by atoms with Crippen molar-refractivity contribution >= 4 is 5.97 Å². The van der Waals surface area contributed by atoms with Crippen LogP contribution in [0.25, 0.3) is 0 Å². The zero-order valence-electron chi connectivity index (χ0n) is 20.0. The van der Waals surface area contributed by atoms with Crippen molar-refractivity contribution in [2.75, 3.05) is 13.2 Å². The first-order valence-electron chi connectivity index (χ1n) is 12.8. The van der Waals surface area contributed by atoms with Gasteiger partial charge in [0.2, 0.25) is 0 Å². The highest BCUT2D eigenvalue weighted by molar-refractivity contribution is 5.89. The Morgan fingerprint density at radius 1 is 0.938 bits per heavy atom. The third-order valence-electron chi connectivity index (χ3n) is 6.94. The Hall–Kier alpha value is -1.46. The van der Waals surface area contributed by atoms with Crippen LogP contribution < -0.4 is 0 Å². The van der Waals surface area contributed by atoms with Gasteiger partial charge in [-0.2, -0.15) is 0 Å². The molecule has 5 heteroatoms. The van der Waals surface area contributed by atoms with Gasteiger partial charge in [-0.3, -0.25) is 0 Å². The van der Waals surface area contributed by atoms with Gasteiger partial charge in [-0.05, 0) is 50.2 Å². The molecular formula is C27H41FO4. The molecule has 3 rings (SSSR count). The minimum absolute atomic E-state index is 0.0536. The molecule has 1 saturated heterocycles. The minimum atomic E-state index is -0.703. The van der Waals surface area contributed by atoms with Crippen molar-refractivity contribution in [2.45, 2.75) is 103 Å². The molecule has 2 fully saturated rings. The van der Waals surface area contributed by atoms with Crippen molar-refractivity contribution in [3.63, 3.8) is 0 Å². The average molecular weight is 449 g/mol. The minimum Gasteiger partial charge on any atom is -0.459 e. The van der Waals surface area contributed by atoms with Crippen LogP contribution >= 0.6 is 0 Å². The Kier molecular flexibility index (Phi) is 10.5. The molecule has 1 aliphatic carbocycles. The molecule has 1 aromatic carbocycles. The first kappa shape index (κ1) is 25.2. The van der Waals surface area contributed by atoms with Gasteiger partial charge in [0.15, 0.2) is 6.29 Å². The number of ether oxygens (including phenoxy) is 3. The maximum atomic E-state index is 14.7. The highest BCUT2D eigenvalue weighted by Gasteiger charge is 2.27. The fraction of sp³-hybridized carbons (Fsp3) is 0.741. The van der Waals surface area contributed by atoms with E-state index in [2.05, 4.69) is 13.8 Å². The zero-order valence-corrected chi connectivity index (χ0v) is 20.0. The fourth-order valence-corrected chi connectivity index (χ4v) is 4.94. The number of benzene rings is 1. The number of rotatable bonds is 11. The lowest BCUT2D eigenvalue weighted by Crippen LogP contribution is -2.27. The first-order valence-corrected chi connectivity index (χ1v) is 12.8. The van der Waals surface area contributed by atoms with Crippen LogP contribution in [0.3, 0.4) is 0 Å². The molecule has 180 valence electrons. The summed E-state index contributed by atoms with van der Waals surface area (Å²) in [6.07, 6.45) is 13.3. The van der Waals surface area contributed by atoms with Crippen LogP contribution in [-0.2, 0) is 14.2 Å². The summed E-state index contributed by atoms with van der Waals surface area (Å²) in [5, 5.41) is 0. The van der Waals surface area contributed by atoms with Gasteiger partial charge in [0.1, 0.15) is 11.9 Å². The molecule has 32 heavy (non-hydrogen) atoms. The second-order valence-corrected chi connectivity index (χ2v) is 9.64. The number of hydrogen-bond acceptors (Lipinski definition) is 4. The molecule has 1 aliphatic heterocycles. The highest BCUT2D eigenvalue weighted by atomic mass is 19.1. The molecule has 1 aromatic rings. The summed E-state index contributed by atoms with van der Waals surface area (Å²) < 4.78 is 31.8. The van der Waals surface area contributed by atoms with E-state index >= 15 is 0 Å². The quantitative estimate of drug-likeness (QED) is 0.262. The summed E-state index contributed by atoms with van der Waals surface area (Å²) in [6, 6.07) is 4.46. The monoisotopic (exact) mass is 448 g/mol. The van der Waals surface area contributed by atoms with Gasteiger partial charge in [0, 0.05) is 11.5 Å². The Morgan fingerprint density at radius 3 is 2.31 bits per heavy atom. The largest absolute Gasteiger partial charge is 0.459 e. The van der Waals surface area contributed by atoms with E-state index in [1.807, 2.05) is 0 Å². The second kappa shape index (κ2) is 13.3. The average Bonchev–Trinajstić information content (AvgIpc) is 2.81. The molecule has 0 atom stereocenters. The SMILES string of the molecule is CCCCCCCC1CCC(OC(=O)c2ccc([C@H]3OC[C@H](CCC)CO3)c(F)c2)CC1. The topological polar surface area (TPSA) is 44.8 Å². The molecule has 0 radical (unpaired) electrons. The summed E-state index contributed by atoms with van der Waals surface area (Å²) >= 11 is 0. The summed E-state index contributed by atoms with van der Waals surface area (Å²) in [6.45, 7) is 5.52. The lowest BCUT2D eigenvalue weighted by Gasteiger charge is -2.30. The number of hydrogen-bond donors (Lipinski definition) is 0. The number of unbranched alkanes of at least 4 members (excludes halogenated alkanes) is 4. The molecule has 1 heterocycles. The van der Waals surface area contributed by atoms with Crippen molar-refractivity contribution in [1.29, 1.82) is 0 Å². The van der Waals surface area contributed by atoms with Gasteiger partial charge in [0.25, 0.3) is 0 Å². The Morgan fingerprint density at radius 2 is 1.66 bits per heavy atom. The van der Waals surface area contributed by atoms with Crippen LogP contribution in [-0.4, -0.2) is 25.3 Å². The molecule has 0 aromatic heterocycles. The summed E-state index contributed by atoms with van der Waals surface area (Å²) in [4.78, 5) is 12.6. The Labute approximate surface area is 193 Å². The van der Waals surface area contributed by atoms with Gasteiger partial charge < -0.3 is 14.2 Å². The van der Waals surface area contributed by atoms with Crippen LogP contribution in [0.2, 0.25) is 0 Å². The van der Waals surface area contributed by atoms with Gasteiger partial charge >= 0.3 is 5.97 Å². The molecule has 0 amide bonds. The molecule has 0 spiro atoms. The van der Waals surface area contributed by atoms with E-state index in [0.29, 0.717) is 24.7 Å². The van der Waals surface area contributed by atoms with Crippen molar-refractivity contribution in [3.8, 4) is 0 Å². The molecule has 0 bridgehead atoms. The van der Waals surface area contributed by atoms with Crippen LogP contribution in [0, 0.1) is 17.7 Å². The van der Waals surface area contributed by atoms with Crippen molar-refractivity contribution in [1.82, 2.24) is 0 Å². The predicted octanol–water partition coefficient (Wildman–Crippen LogP) is 7.36. The standard InChI is InChI=1S/C27H41FO4/c1-3-5-6-7-8-10-20-11-14-23(15-12-20)32-26(29)22-13-16-24(25(28)17-22)27-30-18-21(9-4-2)19-31-27/h13,16-17,20-21,23,27H,3-12,14-15,18-19H2,1-2H3/t20?,21-,23?,27-. The third kappa shape index (κ3) is 7.55. The number of carbonyl (C=O) groups excluding carboxylic acids is 1. The van der Waals surface area contributed by atoms with E-state index < -0.39 is 18.1 Å². The van der Waals surface area contributed by atoms with Gasteiger partial charge in [-0.15, -0.1) is 0 Å². The van der Waals surface area contributed by atoms with Crippen LogP contribution in [0.15, 0.2) is 18.2 Å². The van der Waals surface area contributed by atoms with Crippen molar-refractivity contribution in [2.24, 2.45) is 11.8 Å². The predicted molar refractivity (Wildman–Crippen MR) is 124 cm³/mol. The number of carbonyl (C=O) groups is 1. The van der Waals surface area contributed by atoms with Gasteiger partial charge in [0.05, 0.1) is 18.8 Å². The van der Waals surface area contributed by atoms with Crippen LogP contribution in [0.4, 0.5) is 4.39 Å². The van der Waals surface area contributed by atoms with Crippen molar-refractivity contribution < 1.29 is 23.4 Å². The smallest absolute Gasteiger partial charge is 0.338 e. The molecule has 0 N–H and O–H groups in total. The lowest BCUT2D eigenvalue weighted by molar-refractivity contribution is -0.207. The van der Waals surface area contributed by atoms with Gasteiger partial charge in [-0.1, -0.05) is 64.9 Å². The highest BCUT2D eigenvalue weighted by Crippen LogP contribution is 2.32. The van der Waals surface area contributed by atoms with E-state index in [0.717, 1.165) is 44.4 Å².